The molecule has 2 heterocycles. The second-order valence-corrected chi connectivity index (χ2v) is 6.02. The first-order valence-corrected chi connectivity index (χ1v) is 7.59. The van der Waals surface area contributed by atoms with Crippen LogP contribution in [0.15, 0.2) is 28.9 Å². The number of ether oxygens (including phenoxy) is 2. The Labute approximate surface area is 119 Å². The highest BCUT2D eigenvalue weighted by molar-refractivity contribution is 8.00. The molecule has 0 spiro atoms. The molecule has 1 unspecified atom stereocenters. The van der Waals surface area contributed by atoms with E-state index in [0.29, 0.717) is 6.79 Å². The predicted octanol–water partition coefficient (Wildman–Crippen LogP) is 2.32. The fourth-order valence-corrected chi connectivity index (χ4v) is 3.47. The summed E-state index contributed by atoms with van der Waals surface area (Å²) in [5.41, 5.74) is 1.18. The number of aromatic nitrogens is 2. The quantitative estimate of drug-likeness (QED) is 0.854. The van der Waals surface area contributed by atoms with Crippen molar-refractivity contribution in [1.82, 2.24) is 14.7 Å². The maximum absolute atomic E-state index is 5.41. The smallest absolute Gasteiger partial charge is 0.231 e. The van der Waals surface area contributed by atoms with Crippen molar-refractivity contribution in [3.05, 3.63) is 30.1 Å². The van der Waals surface area contributed by atoms with E-state index >= 15 is 0 Å². The normalized spacial score (nSPS) is 14.6. The lowest BCUT2D eigenvalue weighted by molar-refractivity contribution is 0.174. The van der Waals surface area contributed by atoms with Crippen LogP contribution >= 0.6 is 23.3 Å². The van der Waals surface area contributed by atoms with Crippen molar-refractivity contribution in [2.75, 3.05) is 19.6 Å². The summed E-state index contributed by atoms with van der Waals surface area (Å²) in [6.07, 6.45) is 1.59. The largest absolute Gasteiger partial charge is 0.454 e. The Bertz CT molecular complexity index is 548. The minimum atomic E-state index is 0.239. The summed E-state index contributed by atoms with van der Waals surface area (Å²) in [6.45, 7) is 0.308. The predicted molar refractivity (Wildman–Crippen MR) is 75.0 cm³/mol. The Morgan fingerprint density at radius 3 is 3.11 bits per heavy atom. The van der Waals surface area contributed by atoms with Gasteiger partial charge in [-0.25, -0.2) is 4.98 Å². The Hall–Kier alpha value is -1.31. The zero-order valence-corrected chi connectivity index (χ0v) is 12.0. The van der Waals surface area contributed by atoms with Crippen LogP contribution in [0.3, 0.4) is 0 Å². The molecular weight excluding hydrogens is 282 g/mol. The minimum absolute atomic E-state index is 0.239. The molecule has 0 aliphatic carbocycles. The van der Waals surface area contributed by atoms with Crippen molar-refractivity contribution in [2.45, 2.75) is 10.4 Å². The average Bonchev–Trinajstić information content (AvgIpc) is 3.09. The molecule has 0 fully saturated rings. The number of rotatable bonds is 5. The van der Waals surface area contributed by atoms with Gasteiger partial charge in [0.15, 0.2) is 15.8 Å². The highest BCUT2D eigenvalue weighted by Crippen LogP contribution is 2.35. The maximum Gasteiger partial charge on any atom is 0.231 e. The molecule has 1 aromatic heterocycles. The summed E-state index contributed by atoms with van der Waals surface area (Å²) >= 11 is 3.12. The second kappa shape index (κ2) is 5.77. The van der Waals surface area contributed by atoms with Crippen LogP contribution in [0.25, 0.3) is 0 Å². The maximum atomic E-state index is 5.41. The van der Waals surface area contributed by atoms with Crippen molar-refractivity contribution in [3.63, 3.8) is 0 Å². The molecule has 2 aromatic rings. The SMILES string of the molecule is CNC(CSc1ncns1)c1ccc2c(c1)OCO2. The number of benzene rings is 1. The van der Waals surface area contributed by atoms with Gasteiger partial charge in [0.25, 0.3) is 0 Å². The average molecular weight is 295 g/mol. The van der Waals surface area contributed by atoms with E-state index in [2.05, 4.69) is 20.7 Å². The van der Waals surface area contributed by atoms with E-state index in [1.165, 1.54) is 17.1 Å². The summed E-state index contributed by atoms with van der Waals surface area (Å²) in [5.74, 6) is 2.53. The van der Waals surface area contributed by atoms with Crippen molar-refractivity contribution in [1.29, 1.82) is 0 Å². The molecule has 1 atom stereocenters. The third-order valence-corrected chi connectivity index (χ3v) is 4.75. The van der Waals surface area contributed by atoms with Gasteiger partial charge in [0.2, 0.25) is 6.79 Å². The Kier molecular flexibility index (Phi) is 3.86. The molecule has 3 rings (SSSR count). The Morgan fingerprint density at radius 1 is 1.42 bits per heavy atom. The van der Waals surface area contributed by atoms with Gasteiger partial charge in [-0.1, -0.05) is 17.8 Å². The van der Waals surface area contributed by atoms with Gasteiger partial charge in [-0.15, -0.1) is 0 Å². The van der Waals surface area contributed by atoms with Crippen molar-refractivity contribution >= 4 is 23.3 Å². The Balaban J connectivity index is 1.71. The van der Waals surface area contributed by atoms with Gasteiger partial charge in [0.1, 0.15) is 6.33 Å². The monoisotopic (exact) mass is 295 g/mol. The van der Waals surface area contributed by atoms with Crippen LogP contribution in [0, 0.1) is 0 Å². The molecule has 19 heavy (non-hydrogen) atoms. The molecular formula is C12H13N3O2S2. The molecule has 5 nitrogen and oxygen atoms in total. The number of nitrogens with zero attached hydrogens (tertiary/aromatic N) is 2. The standard InChI is InChI=1S/C12H13N3O2S2/c1-13-9(5-18-12-14-6-15-19-12)8-2-3-10-11(4-8)17-7-16-10/h2-4,6,9,13H,5,7H2,1H3. The summed E-state index contributed by atoms with van der Waals surface area (Å²) in [4.78, 5) is 4.17. The summed E-state index contributed by atoms with van der Waals surface area (Å²) < 4.78 is 15.7. The van der Waals surface area contributed by atoms with Crippen molar-refractivity contribution < 1.29 is 9.47 Å². The van der Waals surface area contributed by atoms with E-state index in [-0.39, 0.29) is 6.04 Å². The van der Waals surface area contributed by atoms with Gasteiger partial charge in [0, 0.05) is 11.8 Å². The molecule has 0 saturated carbocycles. The fraction of sp³-hybridized carbons (Fsp3) is 0.333. The number of hydrogen-bond acceptors (Lipinski definition) is 7. The van der Waals surface area contributed by atoms with Crippen LogP contribution < -0.4 is 14.8 Å². The van der Waals surface area contributed by atoms with Crippen LogP contribution in [-0.2, 0) is 0 Å². The number of hydrogen-bond donors (Lipinski definition) is 1. The molecule has 1 aromatic carbocycles. The second-order valence-electron chi connectivity index (χ2n) is 3.97. The van der Waals surface area contributed by atoms with E-state index in [0.717, 1.165) is 21.6 Å². The molecule has 0 saturated heterocycles. The number of thioether (sulfide) groups is 1. The molecule has 1 N–H and O–H groups in total. The zero-order valence-electron chi connectivity index (χ0n) is 10.3. The van der Waals surface area contributed by atoms with E-state index in [9.17, 15) is 0 Å². The molecule has 100 valence electrons. The van der Waals surface area contributed by atoms with Crippen molar-refractivity contribution in [3.8, 4) is 11.5 Å². The van der Waals surface area contributed by atoms with E-state index < -0.39 is 0 Å². The topological polar surface area (TPSA) is 56.3 Å². The fourth-order valence-electron chi connectivity index (χ4n) is 1.86. The molecule has 1 aliphatic heterocycles. The van der Waals surface area contributed by atoms with Gasteiger partial charge >= 0.3 is 0 Å². The lowest BCUT2D eigenvalue weighted by atomic mass is 10.1. The summed E-state index contributed by atoms with van der Waals surface area (Å²) in [6, 6.07) is 6.29. The van der Waals surface area contributed by atoms with Crippen LogP contribution in [0.2, 0.25) is 0 Å². The minimum Gasteiger partial charge on any atom is -0.454 e. The number of fused-ring (bicyclic) bond motifs is 1. The molecule has 0 bridgehead atoms. The van der Waals surface area contributed by atoms with Gasteiger partial charge in [-0.2, -0.15) is 4.37 Å². The molecule has 0 radical (unpaired) electrons. The highest BCUT2D eigenvalue weighted by Gasteiger charge is 2.17. The third kappa shape index (κ3) is 2.83. The van der Waals surface area contributed by atoms with Gasteiger partial charge in [-0.05, 0) is 36.3 Å². The third-order valence-electron chi connectivity index (χ3n) is 2.86. The first kappa shape index (κ1) is 12.7. The summed E-state index contributed by atoms with van der Waals surface area (Å²) in [7, 11) is 1.95. The van der Waals surface area contributed by atoms with Crippen LogP contribution in [0.4, 0.5) is 0 Å². The van der Waals surface area contributed by atoms with Crippen LogP contribution in [0.5, 0.6) is 11.5 Å². The lowest BCUT2D eigenvalue weighted by Crippen LogP contribution is -2.18. The van der Waals surface area contributed by atoms with E-state index in [1.54, 1.807) is 18.1 Å². The van der Waals surface area contributed by atoms with E-state index in [4.69, 9.17) is 9.47 Å². The van der Waals surface area contributed by atoms with Crippen LogP contribution in [0.1, 0.15) is 11.6 Å². The molecule has 7 heteroatoms. The number of nitrogens with one attached hydrogen (secondary N) is 1. The van der Waals surface area contributed by atoms with E-state index in [1.807, 2.05) is 19.2 Å². The molecule has 1 aliphatic rings. The van der Waals surface area contributed by atoms with Crippen molar-refractivity contribution in [2.24, 2.45) is 0 Å². The highest BCUT2D eigenvalue weighted by atomic mass is 32.2. The lowest BCUT2D eigenvalue weighted by Gasteiger charge is -2.15. The summed E-state index contributed by atoms with van der Waals surface area (Å²) in [5, 5.41) is 3.31. The Morgan fingerprint density at radius 2 is 2.32 bits per heavy atom. The zero-order chi connectivity index (χ0) is 13.1. The molecule has 0 amide bonds. The first-order chi connectivity index (χ1) is 9.36. The first-order valence-electron chi connectivity index (χ1n) is 5.83. The van der Waals surface area contributed by atoms with Crippen LogP contribution in [-0.4, -0.2) is 29.0 Å². The van der Waals surface area contributed by atoms with Gasteiger partial charge in [-0.3, -0.25) is 0 Å². The van der Waals surface area contributed by atoms with Gasteiger partial charge < -0.3 is 14.8 Å². The van der Waals surface area contributed by atoms with Gasteiger partial charge in [0.05, 0.1) is 0 Å².